The van der Waals surface area contributed by atoms with Crippen molar-refractivity contribution in [2.75, 3.05) is 13.2 Å². The van der Waals surface area contributed by atoms with Crippen molar-refractivity contribution in [3.63, 3.8) is 0 Å². The molecule has 24 heavy (non-hydrogen) atoms. The Labute approximate surface area is 140 Å². The van der Waals surface area contributed by atoms with Gasteiger partial charge in [-0.05, 0) is 19.8 Å². The van der Waals surface area contributed by atoms with Gasteiger partial charge in [0.2, 0.25) is 5.83 Å². The van der Waals surface area contributed by atoms with Crippen molar-refractivity contribution in [1.29, 1.82) is 0 Å². The van der Waals surface area contributed by atoms with Crippen molar-refractivity contribution in [2.24, 2.45) is 11.3 Å². The van der Waals surface area contributed by atoms with Gasteiger partial charge in [-0.25, -0.2) is 9.18 Å². The van der Waals surface area contributed by atoms with Crippen molar-refractivity contribution in [1.82, 2.24) is 0 Å². The summed E-state index contributed by atoms with van der Waals surface area (Å²) in [5.41, 5.74) is -0.744. The van der Waals surface area contributed by atoms with Crippen LogP contribution in [0.2, 0.25) is 0 Å². The van der Waals surface area contributed by atoms with Crippen molar-refractivity contribution in [3.8, 4) is 0 Å². The molecule has 0 saturated carbocycles. The average Bonchev–Trinajstić information content (AvgIpc) is 2.57. The number of carbonyl (C=O) groups excluding carboxylic acids is 2. The molecule has 132 valence electrons. The zero-order valence-corrected chi connectivity index (χ0v) is 14.3. The Hall–Kier alpha value is -2.24. The summed E-state index contributed by atoms with van der Waals surface area (Å²) >= 11 is 0. The molecule has 0 aliphatic rings. The van der Waals surface area contributed by atoms with Gasteiger partial charge in [0.05, 0.1) is 5.41 Å². The Morgan fingerprint density at radius 3 is 2.12 bits per heavy atom. The molecule has 0 aliphatic carbocycles. The molecule has 0 aromatic heterocycles. The van der Waals surface area contributed by atoms with E-state index in [1.165, 1.54) is 24.3 Å². The molecule has 0 amide bonds. The minimum Gasteiger partial charge on any atom is -0.462 e. The number of carbonyl (C=O) groups is 2. The largest absolute Gasteiger partial charge is 0.462 e. The molecule has 4 nitrogen and oxygen atoms in total. The van der Waals surface area contributed by atoms with Crippen LogP contribution < -0.4 is 0 Å². The lowest BCUT2D eigenvalue weighted by atomic mass is 9.81. The summed E-state index contributed by atoms with van der Waals surface area (Å²) in [6, 6.07) is 7.34. The second-order valence-corrected chi connectivity index (χ2v) is 6.14. The maximum Gasteiger partial charge on any atom is 0.370 e. The van der Waals surface area contributed by atoms with Gasteiger partial charge < -0.3 is 9.47 Å². The first-order valence-electron chi connectivity index (χ1n) is 7.63. The van der Waals surface area contributed by atoms with Gasteiger partial charge in [0.25, 0.3) is 0 Å². The first kappa shape index (κ1) is 19.8. The van der Waals surface area contributed by atoms with Crippen LogP contribution in [0.5, 0.6) is 0 Å². The molecule has 1 rings (SSSR count). The Morgan fingerprint density at radius 2 is 1.58 bits per heavy atom. The molecule has 0 unspecified atom stereocenters. The summed E-state index contributed by atoms with van der Waals surface area (Å²) in [5, 5.41) is 0. The summed E-state index contributed by atoms with van der Waals surface area (Å²) in [4.78, 5) is 23.3. The van der Waals surface area contributed by atoms with Gasteiger partial charge in [0, 0.05) is 5.56 Å². The van der Waals surface area contributed by atoms with Crippen LogP contribution in [-0.2, 0) is 19.1 Å². The van der Waals surface area contributed by atoms with Gasteiger partial charge in [-0.1, -0.05) is 44.2 Å². The standard InChI is InChI=1S/C18H22F2O4/c1-12(2)18(3,4)17(22)24-11-10-23-16(21)15(20)14(19)13-8-6-5-7-9-13/h5-9,12H,10-11H2,1-4H3/b15-14+. The fourth-order valence-electron chi connectivity index (χ4n) is 1.55. The summed E-state index contributed by atoms with van der Waals surface area (Å²) < 4.78 is 37.0. The molecule has 0 fully saturated rings. The number of esters is 2. The Bertz CT molecular complexity index is 607. The Balaban J connectivity index is 2.51. The lowest BCUT2D eigenvalue weighted by Crippen LogP contribution is -2.32. The minimum absolute atomic E-state index is 0.0583. The van der Waals surface area contributed by atoms with E-state index in [0.717, 1.165) is 0 Å². The second kappa shape index (κ2) is 8.57. The predicted octanol–water partition coefficient (Wildman–Crippen LogP) is 4.06. The van der Waals surface area contributed by atoms with Crippen molar-refractivity contribution in [3.05, 3.63) is 41.7 Å². The van der Waals surface area contributed by atoms with Crippen molar-refractivity contribution >= 4 is 17.8 Å². The lowest BCUT2D eigenvalue weighted by molar-refractivity contribution is -0.160. The molecule has 0 spiro atoms. The zero-order valence-electron chi connectivity index (χ0n) is 14.3. The van der Waals surface area contributed by atoms with E-state index in [-0.39, 0.29) is 24.7 Å². The number of rotatable bonds is 7. The summed E-state index contributed by atoms with van der Waals surface area (Å²) in [6.07, 6.45) is 0. The maximum atomic E-state index is 13.8. The summed E-state index contributed by atoms with van der Waals surface area (Å²) in [7, 11) is 0. The van der Waals surface area contributed by atoms with E-state index in [1.54, 1.807) is 19.9 Å². The highest BCUT2D eigenvalue weighted by Crippen LogP contribution is 2.27. The third kappa shape index (κ3) is 5.15. The van der Waals surface area contributed by atoms with Crippen molar-refractivity contribution in [2.45, 2.75) is 27.7 Å². The van der Waals surface area contributed by atoms with Gasteiger partial charge in [-0.2, -0.15) is 4.39 Å². The number of hydrogen-bond acceptors (Lipinski definition) is 4. The quantitative estimate of drug-likeness (QED) is 0.427. The first-order valence-corrected chi connectivity index (χ1v) is 7.63. The monoisotopic (exact) mass is 340 g/mol. The molecule has 0 radical (unpaired) electrons. The van der Waals surface area contributed by atoms with Crippen LogP contribution in [0.4, 0.5) is 8.78 Å². The average molecular weight is 340 g/mol. The number of hydrogen-bond donors (Lipinski definition) is 0. The smallest absolute Gasteiger partial charge is 0.370 e. The molecule has 0 atom stereocenters. The minimum atomic E-state index is -1.62. The molecule has 1 aromatic rings. The van der Waals surface area contributed by atoms with Gasteiger partial charge >= 0.3 is 11.9 Å². The van der Waals surface area contributed by atoms with Crippen LogP contribution in [-0.4, -0.2) is 25.2 Å². The van der Waals surface area contributed by atoms with Gasteiger partial charge in [0.15, 0.2) is 5.83 Å². The third-order valence-electron chi connectivity index (χ3n) is 3.92. The normalized spacial score (nSPS) is 12.6. The molecular formula is C18H22F2O4. The molecule has 0 aliphatic heterocycles. The van der Waals surface area contributed by atoms with E-state index in [2.05, 4.69) is 4.74 Å². The highest BCUT2D eigenvalue weighted by molar-refractivity contribution is 5.93. The van der Waals surface area contributed by atoms with Crippen LogP contribution in [0.3, 0.4) is 0 Å². The topological polar surface area (TPSA) is 52.6 Å². The Kier molecular flexibility index (Phi) is 7.07. The highest BCUT2D eigenvalue weighted by atomic mass is 19.2. The summed E-state index contributed by atoms with van der Waals surface area (Å²) in [6.45, 7) is 6.67. The van der Waals surface area contributed by atoms with E-state index in [0.29, 0.717) is 0 Å². The molecule has 0 saturated heterocycles. The fourth-order valence-corrected chi connectivity index (χ4v) is 1.55. The predicted molar refractivity (Wildman–Crippen MR) is 86.1 cm³/mol. The van der Waals surface area contributed by atoms with Crippen LogP contribution >= 0.6 is 0 Å². The van der Waals surface area contributed by atoms with E-state index in [1.807, 2.05) is 13.8 Å². The fraction of sp³-hybridized carbons (Fsp3) is 0.444. The van der Waals surface area contributed by atoms with Gasteiger partial charge in [-0.15, -0.1) is 0 Å². The highest BCUT2D eigenvalue weighted by Gasteiger charge is 2.32. The molecular weight excluding hydrogens is 318 g/mol. The van der Waals surface area contributed by atoms with Gasteiger partial charge in [0.1, 0.15) is 13.2 Å². The number of ether oxygens (including phenoxy) is 2. The molecule has 0 heterocycles. The maximum absolute atomic E-state index is 13.8. The molecule has 0 bridgehead atoms. The molecule has 0 N–H and O–H groups in total. The first-order chi connectivity index (χ1) is 11.2. The third-order valence-corrected chi connectivity index (χ3v) is 3.92. The summed E-state index contributed by atoms with van der Waals surface area (Å²) in [5.74, 6) is -4.72. The Morgan fingerprint density at radius 1 is 1.04 bits per heavy atom. The van der Waals surface area contributed by atoms with Crippen LogP contribution in [0.15, 0.2) is 36.2 Å². The van der Waals surface area contributed by atoms with Crippen molar-refractivity contribution < 1.29 is 27.8 Å². The molecule has 1 aromatic carbocycles. The van der Waals surface area contributed by atoms with E-state index < -0.39 is 29.0 Å². The van der Waals surface area contributed by atoms with Crippen LogP contribution in [0, 0.1) is 11.3 Å². The van der Waals surface area contributed by atoms with Gasteiger partial charge in [-0.3, -0.25) is 4.79 Å². The number of halogens is 2. The van der Waals surface area contributed by atoms with E-state index in [4.69, 9.17) is 4.74 Å². The zero-order chi connectivity index (χ0) is 18.3. The van der Waals surface area contributed by atoms with Crippen LogP contribution in [0.1, 0.15) is 33.3 Å². The molecule has 6 heteroatoms. The lowest BCUT2D eigenvalue weighted by Gasteiger charge is -2.26. The number of benzene rings is 1. The van der Waals surface area contributed by atoms with Crippen LogP contribution in [0.25, 0.3) is 5.83 Å². The van der Waals surface area contributed by atoms with E-state index >= 15 is 0 Å². The van der Waals surface area contributed by atoms with E-state index in [9.17, 15) is 18.4 Å². The SMILES string of the molecule is CC(C)C(C)(C)C(=O)OCCOC(=O)/C(F)=C(\F)c1ccccc1. The second-order valence-electron chi connectivity index (χ2n) is 6.14.